The minimum atomic E-state index is -5.05. The van der Waals surface area contributed by atoms with E-state index in [1.165, 1.54) is 18.2 Å². The number of hydrogen-bond donors (Lipinski definition) is 0. The van der Waals surface area contributed by atoms with E-state index in [0.717, 1.165) is 0 Å². The minimum Gasteiger partial charge on any atom is -0.207 e. The van der Waals surface area contributed by atoms with Crippen molar-refractivity contribution in [1.82, 2.24) is 4.98 Å². The van der Waals surface area contributed by atoms with E-state index >= 15 is 0 Å². The van der Waals surface area contributed by atoms with Crippen LogP contribution in [0.4, 0.5) is 17.6 Å². The normalized spacial score (nSPS) is 10.3. The van der Waals surface area contributed by atoms with Gasteiger partial charge in [-0.25, -0.2) is 4.98 Å². The molecule has 18 heavy (non-hydrogen) atoms. The lowest BCUT2D eigenvalue weighted by atomic mass is 9.99. The summed E-state index contributed by atoms with van der Waals surface area (Å²) in [6, 6.07) is 3.73. The Morgan fingerprint density at radius 2 is 1.72 bits per heavy atom. The second-order valence-corrected chi connectivity index (χ2v) is 3.04. The molecule has 1 rings (SSSR count). The predicted molar refractivity (Wildman–Crippen MR) is 47.9 cm³/mol. The summed E-state index contributed by atoms with van der Waals surface area (Å²) in [5.41, 5.74) is -4.67. The van der Waals surface area contributed by atoms with Crippen LogP contribution in [0.25, 0.3) is 0 Å². The van der Waals surface area contributed by atoms with E-state index < -0.39 is 40.9 Å². The molecule has 1 heterocycles. The minimum absolute atomic E-state index is 0.895. The fourth-order valence-corrected chi connectivity index (χ4v) is 1.34. The summed E-state index contributed by atoms with van der Waals surface area (Å²) in [7, 11) is 0. The Labute approximate surface area is 98.3 Å². The van der Waals surface area contributed by atoms with E-state index in [2.05, 4.69) is 4.98 Å². The van der Waals surface area contributed by atoms with Crippen LogP contribution in [0.3, 0.4) is 0 Å². The maximum Gasteiger partial charge on any atom is 0.418 e. The first kappa shape index (κ1) is 13.4. The van der Waals surface area contributed by atoms with Gasteiger partial charge in [-0.05, 0) is 0 Å². The molecule has 0 spiro atoms. The van der Waals surface area contributed by atoms with Crippen LogP contribution in [-0.4, -0.2) is 4.98 Å². The molecule has 0 fully saturated rings. The Morgan fingerprint density at radius 1 is 1.11 bits per heavy atom. The van der Waals surface area contributed by atoms with Gasteiger partial charge < -0.3 is 0 Å². The van der Waals surface area contributed by atoms with Gasteiger partial charge in [0, 0.05) is 5.56 Å². The summed E-state index contributed by atoms with van der Waals surface area (Å²) in [4.78, 5) is 2.95. The third-order valence-corrected chi connectivity index (χ3v) is 2.00. The van der Waals surface area contributed by atoms with Crippen molar-refractivity contribution in [2.75, 3.05) is 0 Å². The SMILES string of the molecule is N#CCc1c(F)nc(C#N)c(C#N)c1C(F)(F)F. The number of nitriles is 3. The maximum absolute atomic E-state index is 13.3. The Balaban J connectivity index is 3.82. The first-order valence-electron chi connectivity index (χ1n) is 4.33. The Morgan fingerprint density at radius 3 is 2.11 bits per heavy atom. The highest BCUT2D eigenvalue weighted by atomic mass is 19.4. The lowest BCUT2D eigenvalue weighted by Crippen LogP contribution is -2.16. The van der Waals surface area contributed by atoms with Gasteiger partial charge in [-0.2, -0.15) is 33.3 Å². The van der Waals surface area contributed by atoms with Gasteiger partial charge >= 0.3 is 6.18 Å². The fourth-order valence-electron chi connectivity index (χ4n) is 1.34. The zero-order chi connectivity index (χ0) is 13.9. The van der Waals surface area contributed by atoms with Crippen LogP contribution in [0.15, 0.2) is 0 Å². The topological polar surface area (TPSA) is 84.3 Å². The summed E-state index contributed by atoms with van der Waals surface area (Å²) in [6.07, 6.45) is -5.94. The molecule has 90 valence electrons. The van der Waals surface area contributed by atoms with Crippen molar-refractivity contribution in [3.63, 3.8) is 0 Å². The van der Waals surface area contributed by atoms with Gasteiger partial charge in [-0.15, -0.1) is 0 Å². The zero-order valence-electron chi connectivity index (χ0n) is 8.51. The lowest BCUT2D eigenvalue weighted by molar-refractivity contribution is -0.138. The number of rotatable bonds is 1. The van der Waals surface area contributed by atoms with Crippen LogP contribution < -0.4 is 0 Å². The number of aromatic nitrogens is 1. The highest BCUT2D eigenvalue weighted by Gasteiger charge is 2.39. The van der Waals surface area contributed by atoms with Crippen molar-refractivity contribution in [3.05, 3.63) is 28.3 Å². The molecule has 0 unspecified atom stereocenters. The van der Waals surface area contributed by atoms with Crippen molar-refractivity contribution in [2.24, 2.45) is 0 Å². The summed E-state index contributed by atoms with van der Waals surface area (Å²) in [5.74, 6) is -1.57. The molecule has 0 saturated heterocycles. The highest BCUT2D eigenvalue weighted by Crippen LogP contribution is 2.36. The van der Waals surface area contributed by atoms with Crippen molar-refractivity contribution in [3.8, 4) is 18.2 Å². The van der Waals surface area contributed by atoms with E-state index in [-0.39, 0.29) is 0 Å². The van der Waals surface area contributed by atoms with Gasteiger partial charge in [0.25, 0.3) is 0 Å². The number of alkyl halides is 3. The monoisotopic (exact) mass is 254 g/mol. The van der Waals surface area contributed by atoms with E-state index in [1.54, 1.807) is 0 Å². The van der Waals surface area contributed by atoms with Crippen LogP contribution >= 0.6 is 0 Å². The second-order valence-electron chi connectivity index (χ2n) is 3.04. The predicted octanol–water partition coefficient (Wildman–Crippen LogP) is 2.05. The first-order valence-corrected chi connectivity index (χ1v) is 4.33. The molecule has 0 saturated carbocycles. The van der Waals surface area contributed by atoms with E-state index in [4.69, 9.17) is 15.8 Å². The van der Waals surface area contributed by atoms with Crippen LogP contribution in [-0.2, 0) is 12.6 Å². The van der Waals surface area contributed by atoms with Crippen molar-refractivity contribution >= 4 is 0 Å². The van der Waals surface area contributed by atoms with Gasteiger partial charge in [0.1, 0.15) is 17.7 Å². The Kier molecular flexibility index (Phi) is 3.49. The molecule has 0 N–H and O–H groups in total. The van der Waals surface area contributed by atoms with Crippen molar-refractivity contribution in [1.29, 1.82) is 15.8 Å². The van der Waals surface area contributed by atoms with Crippen molar-refractivity contribution in [2.45, 2.75) is 12.6 Å². The Bertz CT molecular complexity index is 613. The highest BCUT2D eigenvalue weighted by molar-refractivity contribution is 5.51. The van der Waals surface area contributed by atoms with Crippen LogP contribution in [0.2, 0.25) is 0 Å². The molecule has 0 atom stereocenters. The van der Waals surface area contributed by atoms with E-state index in [0.29, 0.717) is 0 Å². The number of nitrogens with zero attached hydrogens (tertiary/aromatic N) is 4. The second kappa shape index (κ2) is 4.68. The molecule has 0 bridgehead atoms. The molecule has 8 heteroatoms. The molecular weight excluding hydrogens is 252 g/mol. The number of hydrogen-bond acceptors (Lipinski definition) is 4. The summed E-state index contributed by atoms with van der Waals surface area (Å²) in [6.45, 7) is 0. The molecule has 0 radical (unpaired) electrons. The summed E-state index contributed by atoms with van der Waals surface area (Å²) < 4.78 is 51.6. The molecule has 0 aliphatic heterocycles. The number of halogens is 4. The van der Waals surface area contributed by atoms with Gasteiger partial charge in [0.05, 0.1) is 18.1 Å². The quantitative estimate of drug-likeness (QED) is 0.567. The summed E-state index contributed by atoms with van der Waals surface area (Å²) in [5, 5.41) is 25.5. The summed E-state index contributed by atoms with van der Waals surface area (Å²) >= 11 is 0. The third-order valence-electron chi connectivity index (χ3n) is 2.00. The Hall–Kier alpha value is -2.66. The molecule has 4 nitrogen and oxygen atoms in total. The molecule has 0 aromatic carbocycles. The molecule has 0 aliphatic carbocycles. The lowest BCUT2D eigenvalue weighted by Gasteiger charge is -2.13. The number of pyridine rings is 1. The fraction of sp³-hybridized carbons (Fsp3) is 0.200. The van der Waals surface area contributed by atoms with Crippen LogP contribution in [0.5, 0.6) is 0 Å². The molecular formula is C10H2F4N4. The zero-order valence-corrected chi connectivity index (χ0v) is 8.51. The van der Waals surface area contributed by atoms with Gasteiger partial charge in [0.2, 0.25) is 5.95 Å². The van der Waals surface area contributed by atoms with Gasteiger partial charge in [-0.3, -0.25) is 0 Å². The van der Waals surface area contributed by atoms with E-state index in [1.807, 2.05) is 0 Å². The van der Waals surface area contributed by atoms with Crippen molar-refractivity contribution < 1.29 is 17.6 Å². The van der Waals surface area contributed by atoms with E-state index in [9.17, 15) is 17.6 Å². The third kappa shape index (κ3) is 2.21. The molecule has 1 aromatic heterocycles. The van der Waals surface area contributed by atoms with Gasteiger partial charge in [0.15, 0.2) is 5.69 Å². The van der Waals surface area contributed by atoms with Crippen LogP contribution in [0.1, 0.15) is 22.4 Å². The molecule has 0 aliphatic rings. The average Bonchev–Trinajstić information content (AvgIpc) is 2.29. The molecule has 1 aromatic rings. The van der Waals surface area contributed by atoms with Crippen LogP contribution in [0, 0.1) is 39.9 Å². The average molecular weight is 254 g/mol. The standard InChI is InChI=1S/C10H2F4N4/c11-9-5(1-2-15)8(10(12,13)14)6(3-16)7(4-17)18-9/h1H2. The smallest absolute Gasteiger partial charge is 0.207 e. The van der Waals surface area contributed by atoms with Gasteiger partial charge in [-0.1, -0.05) is 0 Å². The molecule has 0 amide bonds. The largest absolute Gasteiger partial charge is 0.418 e. The maximum atomic E-state index is 13.3. The first-order chi connectivity index (χ1) is 8.36.